The first-order valence-electron chi connectivity index (χ1n) is 7.78. The standard InChI is InChI=1S/C16H27N3O/c1-4-17-12-14-7-10-19(11-8-14)16-15(20-13(2)3)6-5-9-18-16/h5-6,9,13-14,17H,4,7-8,10-12H2,1-3H3. The molecule has 0 aromatic carbocycles. The van der Waals surface area contributed by atoms with Crippen LogP contribution in [0.5, 0.6) is 5.75 Å². The summed E-state index contributed by atoms with van der Waals surface area (Å²) < 4.78 is 5.87. The second kappa shape index (κ2) is 7.48. The third-order valence-electron chi connectivity index (χ3n) is 3.71. The van der Waals surface area contributed by atoms with E-state index in [1.54, 1.807) is 0 Å². The van der Waals surface area contributed by atoms with Crippen LogP contribution < -0.4 is 15.0 Å². The molecule has 0 atom stereocenters. The lowest BCUT2D eigenvalue weighted by molar-refractivity contribution is 0.241. The molecular weight excluding hydrogens is 250 g/mol. The Hall–Kier alpha value is -1.29. The number of rotatable bonds is 6. The van der Waals surface area contributed by atoms with Crippen LogP contribution in [0.2, 0.25) is 0 Å². The number of anilines is 1. The van der Waals surface area contributed by atoms with Crippen molar-refractivity contribution in [2.45, 2.75) is 39.7 Å². The van der Waals surface area contributed by atoms with Gasteiger partial charge in [0.15, 0.2) is 11.6 Å². The van der Waals surface area contributed by atoms with Crippen molar-refractivity contribution in [3.63, 3.8) is 0 Å². The number of hydrogen-bond donors (Lipinski definition) is 1. The van der Waals surface area contributed by atoms with E-state index in [4.69, 9.17) is 4.74 Å². The van der Waals surface area contributed by atoms with Gasteiger partial charge >= 0.3 is 0 Å². The maximum Gasteiger partial charge on any atom is 0.171 e. The Balaban J connectivity index is 1.96. The summed E-state index contributed by atoms with van der Waals surface area (Å²) in [5, 5.41) is 3.45. The number of aromatic nitrogens is 1. The molecule has 0 radical (unpaired) electrons. The van der Waals surface area contributed by atoms with E-state index in [-0.39, 0.29) is 6.10 Å². The van der Waals surface area contributed by atoms with Crippen LogP contribution in [0.4, 0.5) is 5.82 Å². The first kappa shape index (κ1) is 15.1. The molecule has 1 saturated heterocycles. The van der Waals surface area contributed by atoms with Crippen LogP contribution in [0, 0.1) is 5.92 Å². The van der Waals surface area contributed by atoms with Crippen molar-refractivity contribution >= 4 is 5.82 Å². The first-order chi connectivity index (χ1) is 9.70. The summed E-state index contributed by atoms with van der Waals surface area (Å²) in [7, 11) is 0. The lowest BCUT2D eigenvalue weighted by Crippen LogP contribution is -2.38. The van der Waals surface area contributed by atoms with Gasteiger partial charge in [0, 0.05) is 19.3 Å². The van der Waals surface area contributed by atoms with Crippen molar-refractivity contribution in [2.24, 2.45) is 5.92 Å². The van der Waals surface area contributed by atoms with E-state index in [0.29, 0.717) is 0 Å². The van der Waals surface area contributed by atoms with Crippen LogP contribution in [0.15, 0.2) is 18.3 Å². The summed E-state index contributed by atoms with van der Waals surface area (Å²) in [5.41, 5.74) is 0. The van der Waals surface area contributed by atoms with Crippen LogP contribution in [-0.4, -0.2) is 37.3 Å². The van der Waals surface area contributed by atoms with Crippen molar-refractivity contribution < 1.29 is 4.74 Å². The first-order valence-corrected chi connectivity index (χ1v) is 7.78. The Morgan fingerprint density at radius 1 is 1.40 bits per heavy atom. The molecule has 0 amide bonds. The smallest absolute Gasteiger partial charge is 0.171 e. The minimum atomic E-state index is 0.184. The topological polar surface area (TPSA) is 37.4 Å². The number of hydrogen-bond acceptors (Lipinski definition) is 4. The highest BCUT2D eigenvalue weighted by Gasteiger charge is 2.22. The molecular formula is C16H27N3O. The highest BCUT2D eigenvalue weighted by molar-refractivity contribution is 5.52. The van der Waals surface area contributed by atoms with E-state index < -0.39 is 0 Å². The van der Waals surface area contributed by atoms with Gasteiger partial charge in [-0.2, -0.15) is 0 Å². The zero-order valence-corrected chi connectivity index (χ0v) is 12.9. The summed E-state index contributed by atoms with van der Waals surface area (Å²) in [6.45, 7) is 10.6. The number of nitrogens with zero attached hydrogens (tertiary/aromatic N) is 2. The maximum absolute atomic E-state index is 5.87. The highest BCUT2D eigenvalue weighted by atomic mass is 16.5. The molecule has 4 nitrogen and oxygen atoms in total. The van der Waals surface area contributed by atoms with E-state index in [0.717, 1.165) is 43.7 Å². The predicted molar refractivity (Wildman–Crippen MR) is 83.5 cm³/mol. The molecule has 0 unspecified atom stereocenters. The molecule has 112 valence electrons. The number of pyridine rings is 1. The minimum absolute atomic E-state index is 0.184. The van der Waals surface area contributed by atoms with Gasteiger partial charge < -0.3 is 15.0 Å². The molecule has 1 N–H and O–H groups in total. The molecule has 1 aliphatic heterocycles. The molecule has 1 aromatic heterocycles. The van der Waals surface area contributed by atoms with Gasteiger partial charge in [-0.05, 0) is 57.8 Å². The van der Waals surface area contributed by atoms with Gasteiger partial charge in [0.05, 0.1) is 6.10 Å². The van der Waals surface area contributed by atoms with Crippen LogP contribution in [0.1, 0.15) is 33.6 Å². The molecule has 2 rings (SSSR count). The van der Waals surface area contributed by atoms with E-state index in [9.17, 15) is 0 Å². The molecule has 0 saturated carbocycles. The monoisotopic (exact) mass is 277 g/mol. The maximum atomic E-state index is 5.87. The Labute approximate surface area is 122 Å². The lowest BCUT2D eigenvalue weighted by Gasteiger charge is -2.33. The van der Waals surface area contributed by atoms with E-state index in [2.05, 4.69) is 36.0 Å². The zero-order chi connectivity index (χ0) is 14.4. The molecule has 0 aliphatic carbocycles. The van der Waals surface area contributed by atoms with Gasteiger partial charge in [0.1, 0.15) is 0 Å². The Bertz CT molecular complexity index is 400. The summed E-state index contributed by atoms with van der Waals surface area (Å²) in [6.07, 6.45) is 4.49. The van der Waals surface area contributed by atoms with Gasteiger partial charge in [-0.15, -0.1) is 0 Å². The summed E-state index contributed by atoms with van der Waals surface area (Å²) in [4.78, 5) is 6.89. The van der Waals surface area contributed by atoms with Crippen molar-refractivity contribution in [3.8, 4) is 5.75 Å². The van der Waals surface area contributed by atoms with Gasteiger partial charge in [-0.25, -0.2) is 4.98 Å². The fraction of sp³-hybridized carbons (Fsp3) is 0.688. The fourth-order valence-electron chi connectivity index (χ4n) is 2.66. The van der Waals surface area contributed by atoms with Crippen LogP contribution >= 0.6 is 0 Å². The third-order valence-corrected chi connectivity index (χ3v) is 3.71. The molecule has 0 bridgehead atoms. The largest absolute Gasteiger partial charge is 0.487 e. The average molecular weight is 277 g/mol. The Morgan fingerprint density at radius 3 is 2.80 bits per heavy atom. The summed E-state index contributed by atoms with van der Waals surface area (Å²) >= 11 is 0. The molecule has 2 heterocycles. The molecule has 1 aromatic rings. The van der Waals surface area contributed by atoms with E-state index in [1.165, 1.54) is 12.8 Å². The quantitative estimate of drug-likeness (QED) is 0.867. The van der Waals surface area contributed by atoms with E-state index >= 15 is 0 Å². The van der Waals surface area contributed by atoms with Gasteiger partial charge in [0.25, 0.3) is 0 Å². The Morgan fingerprint density at radius 2 is 2.15 bits per heavy atom. The third kappa shape index (κ3) is 4.10. The van der Waals surface area contributed by atoms with Crippen LogP contribution in [0.25, 0.3) is 0 Å². The van der Waals surface area contributed by atoms with Gasteiger partial charge in [0.2, 0.25) is 0 Å². The van der Waals surface area contributed by atoms with Crippen LogP contribution in [0.3, 0.4) is 0 Å². The zero-order valence-electron chi connectivity index (χ0n) is 12.9. The molecule has 1 aliphatic rings. The summed E-state index contributed by atoms with van der Waals surface area (Å²) in [5.74, 6) is 2.71. The second-order valence-corrected chi connectivity index (χ2v) is 5.73. The summed E-state index contributed by atoms with van der Waals surface area (Å²) in [6, 6.07) is 3.96. The predicted octanol–water partition coefficient (Wildman–Crippen LogP) is 2.69. The van der Waals surface area contributed by atoms with Crippen molar-refractivity contribution in [2.75, 3.05) is 31.1 Å². The minimum Gasteiger partial charge on any atom is -0.487 e. The SMILES string of the molecule is CCNCC1CCN(c2ncccc2OC(C)C)CC1. The van der Waals surface area contributed by atoms with Crippen molar-refractivity contribution in [1.82, 2.24) is 10.3 Å². The normalized spacial score (nSPS) is 16.7. The van der Waals surface area contributed by atoms with Crippen LogP contribution in [-0.2, 0) is 0 Å². The van der Waals surface area contributed by atoms with Crippen molar-refractivity contribution in [3.05, 3.63) is 18.3 Å². The molecule has 0 spiro atoms. The van der Waals surface area contributed by atoms with Gasteiger partial charge in [-0.1, -0.05) is 6.92 Å². The van der Waals surface area contributed by atoms with E-state index in [1.807, 2.05) is 18.3 Å². The molecule has 4 heteroatoms. The van der Waals surface area contributed by atoms with Crippen molar-refractivity contribution in [1.29, 1.82) is 0 Å². The fourth-order valence-corrected chi connectivity index (χ4v) is 2.66. The van der Waals surface area contributed by atoms with Gasteiger partial charge in [-0.3, -0.25) is 0 Å². The number of nitrogens with one attached hydrogen (secondary N) is 1. The second-order valence-electron chi connectivity index (χ2n) is 5.73. The molecule has 20 heavy (non-hydrogen) atoms. The molecule has 1 fully saturated rings. The average Bonchev–Trinajstić information content (AvgIpc) is 2.46. The number of piperidine rings is 1. The highest BCUT2D eigenvalue weighted by Crippen LogP contribution is 2.29. The Kier molecular flexibility index (Phi) is 5.65. The lowest BCUT2D eigenvalue weighted by atomic mass is 9.97. The number of ether oxygens (including phenoxy) is 1.